The number of thioether (sulfide) groups is 1. The predicted octanol–water partition coefficient (Wildman–Crippen LogP) is 4.05. The molecule has 2 rings (SSSR count). The van der Waals surface area contributed by atoms with Gasteiger partial charge in [0.25, 0.3) is 0 Å². The van der Waals surface area contributed by atoms with E-state index in [0.29, 0.717) is 6.54 Å². The van der Waals surface area contributed by atoms with Gasteiger partial charge >= 0.3 is 0 Å². The van der Waals surface area contributed by atoms with Crippen LogP contribution in [0.25, 0.3) is 0 Å². The second kappa shape index (κ2) is 8.76. The summed E-state index contributed by atoms with van der Waals surface area (Å²) in [5.41, 5.74) is 1.89. The third-order valence-corrected chi connectivity index (χ3v) is 4.72. The summed E-state index contributed by atoms with van der Waals surface area (Å²) in [5, 5.41) is 2.96. The highest BCUT2D eigenvalue weighted by atomic mass is 32.2. The lowest BCUT2D eigenvalue weighted by Crippen LogP contribution is -2.32. The molecular formula is C19H24N2O2S. The lowest BCUT2D eigenvalue weighted by atomic mass is 10.1. The van der Waals surface area contributed by atoms with Gasteiger partial charge in [-0.05, 0) is 44.5 Å². The highest BCUT2D eigenvalue weighted by Crippen LogP contribution is 2.28. The maximum atomic E-state index is 12.3. The number of methoxy groups -OCH3 is 1. The minimum atomic E-state index is -0.0301. The van der Waals surface area contributed by atoms with Gasteiger partial charge in [0.15, 0.2) is 0 Å². The molecule has 1 N–H and O–H groups in total. The zero-order chi connectivity index (χ0) is 17.5. The van der Waals surface area contributed by atoms with Gasteiger partial charge in [-0.15, -0.1) is 11.8 Å². The van der Waals surface area contributed by atoms with Gasteiger partial charge in [0.05, 0.1) is 13.7 Å². The molecular weight excluding hydrogens is 320 g/mol. The van der Waals surface area contributed by atoms with E-state index in [-0.39, 0.29) is 11.9 Å². The molecule has 0 saturated heterocycles. The van der Waals surface area contributed by atoms with Crippen LogP contribution in [-0.4, -0.2) is 37.8 Å². The van der Waals surface area contributed by atoms with Crippen molar-refractivity contribution in [1.29, 1.82) is 0 Å². The minimum absolute atomic E-state index is 0.0301. The normalized spacial score (nSPS) is 12.0. The molecule has 0 aliphatic rings. The largest absolute Gasteiger partial charge is 0.496 e. The fraction of sp³-hybridized carbons (Fsp3) is 0.316. The maximum Gasteiger partial charge on any atom is 0.238 e. The number of nitrogens with zero attached hydrogens (tertiary/aromatic N) is 1. The molecule has 128 valence electrons. The van der Waals surface area contributed by atoms with Crippen molar-refractivity contribution < 1.29 is 9.53 Å². The summed E-state index contributed by atoms with van der Waals surface area (Å²) in [5.74, 6) is 0.808. The van der Waals surface area contributed by atoms with Crippen molar-refractivity contribution in [2.24, 2.45) is 0 Å². The predicted molar refractivity (Wildman–Crippen MR) is 101 cm³/mol. The highest BCUT2D eigenvalue weighted by molar-refractivity contribution is 7.98. The first-order valence-corrected chi connectivity index (χ1v) is 9.04. The van der Waals surface area contributed by atoms with Crippen LogP contribution in [0.4, 0.5) is 5.69 Å². The van der Waals surface area contributed by atoms with Gasteiger partial charge in [0, 0.05) is 22.2 Å². The number of carbonyl (C=O) groups excluding carboxylic acids is 1. The Bertz CT molecular complexity index is 691. The van der Waals surface area contributed by atoms with Gasteiger partial charge in [-0.1, -0.05) is 24.3 Å². The molecule has 5 heteroatoms. The molecule has 0 aromatic heterocycles. The van der Waals surface area contributed by atoms with Gasteiger partial charge in [0.1, 0.15) is 5.75 Å². The van der Waals surface area contributed by atoms with E-state index >= 15 is 0 Å². The average Bonchev–Trinajstić information content (AvgIpc) is 2.60. The summed E-state index contributed by atoms with van der Waals surface area (Å²) < 4.78 is 5.41. The topological polar surface area (TPSA) is 41.6 Å². The number of amides is 1. The van der Waals surface area contributed by atoms with Gasteiger partial charge in [-0.25, -0.2) is 0 Å². The number of hydrogen-bond acceptors (Lipinski definition) is 4. The molecule has 0 saturated carbocycles. The summed E-state index contributed by atoms with van der Waals surface area (Å²) in [6, 6.07) is 15.8. The lowest BCUT2D eigenvalue weighted by Gasteiger charge is -2.25. The van der Waals surface area contributed by atoms with Crippen LogP contribution < -0.4 is 10.1 Å². The van der Waals surface area contributed by atoms with E-state index in [0.717, 1.165) is 21.9 Å². The van der Waals surface area contributed by atoms with Gasteiger partial charge in [0.2, 0.25) is 5.91 Å². The number of rotatable bonds is 7. The summed E-state index contributed by atoms with van der Waals surface area (Å²) >= 11 is 1.65. The molecule has 1 amide bonds. The lowest BCUT2D eigenvalue weighted by molar-refractivity contribution is -0.117. The van der Waals surface area contributed by atoms with E-state index in [4.69, 9.17) is 4.74 Å². The molecule has 4 nitrogen and oxygen atoms in total. The molecule has 1 atom stereocenters. The van der Waals surface area contributed by atoms with E-state index in [1.165, 1.54) is 0 Å². The fourth-order valence-corrected chi connectivity index (χ4v) is 2.97. The zero-order valence-electron chi connectivity index (χ0n) is 14.6. The van der Waals surface area contributed by atoms with Crippen LogP contribution in [0.2, 0.25) is 0 Å². The number of hydrogen-bond donors (Lipinski definition) is 1. The monoisotopic (exact) mass is 344 g/mol. The van der Waals surface area contributed by atoms with Crippen LogP contribution in [0, 0.1) is 0 Å². The molecule has 24 heavy (non-hydrogen) atoms. The summed E-state index contributed by atoms with van der Waals surface area (Å²) in [6.07, 6.45) is 2.02. The number of carbonyl (C=O) groups is 1. The Labute approximate surface area is 148 Å². The average molecular weight is 344 g/mol. The number of para-hydroxylation sites is 1. The fourth-order valence-electron chi connectivity index (χ4n) is 2.51. The molecule has 0 fully saturated rings. The van der Waals surface area contributed by atoms with E-state index in [9.17, 15) is 4.79 Å². The standard InChI is InChI=1S/C19H24N2O2S/c1-14(17-10-5-6-11-18(17)23-3)21(2)13-19(22)20-15-8-7-9-16(12-15)24-4/h5-12,14H,13H2,1-4H3,(H,20,22). The number of anilines is 1. The summed E-state index contributed by atoms with van der Waals surface area (Å²) in [4.78, 5) is 15.5. The molecule has 2 aromatic carbocycles. The molecule has 0 bridgehead atoms. The van der Waals surface area contributed by atoms with E-state index in [2.05, 4.69) is 12.2 Å². The van der Waals surface area contributed by atoms with Crippen LogP contribution in [-0.2, 0) is 4.79 Å². The van der Waals surface area contributed by atoms with E-state index < -0.39 is 0 Å². The second-order valence-corrected chi connectivity index (χ2v) is 6.49. The van der Waals surface area contributed by atoms with E-state index in [1.807, 2.05) is 66.7 Å². The summed E-state index contributed by atoms with van der Waals surface area (Å²) in [7, 11) is 3.60. The Hall–Kier alpha value is -1.98. The SMILES string of the molecule is COc1ccccc1C(C)N(C)CC(=O)Nc1cccc(SC)c1. The van der Waals surface area contributed by atoms with Gasteiger partial charge in [-0.2, -0.15) is 0 Å². The smallest absolute Gasteiger partial charge is 0.238 e. The Morgan fingerprint density at radius 2 is 2.00 bits per heavy atom. The van der Waals surface area contributed by atoms with Crippen molar-refractivity contribution in [2.75, 3.05) is 32.3 Å². The third-order valence-electron chi connectivity index (χ3n) is 4.00. The Morgan fingerprint density at radius 3 is 2.71 bits per heavy atom. The molecule has 0 heterocycles. The Morgan fingerprint density at radius 1 is 1.25 bits per heavy atom. The number of benzene rings is 2. The molecule has 1 unspecified atom stereocenters. The van der Waals surface area contributed by atoms with Crippen LogP contribution >= 0.6 is 11.8 Å². The molecule has 0 spiro atoms. The minimum Gasteiger partial charge on any atom is -0.496 e. The molecule has 0 aliphatic carbocycles. The first kappa shape index (κ1) is 18.4. The van der Waals surface area contributed by atoms with Crippen molar-refractivity contribution in [1.82, 2.24) is 4.90 Å². The number of likely N-dealkylation sites (N-methyl/N-ethyl adjacent to an activating group) is 1. The molecule has 0 radical (unpaired) electrons. The number of nitrogens with one attached hydrogen (secondary N) is 1. The highest BCUT2D eigenvalue weighted by Gasteiger charge is 2.18. The third kappa shape index (κ3) is 4.76. The van der Waals surface area contributed by atoms with Crippen molar-refractivity contribution in [3.63, 3.8) is 0 Å². The first-order chi connectivity index (χ1) is 11.5. The van der Waals surface area contributed by atoms with Crippen molar-refractivity contribution in [3.05, 3.63) is 54.1 Å². The van der Waals surface area contributed by atoms with Crippen LogP contribution in [0.5, 0.6) is 5.75 Å². The van der Waals surface area contributed by atoms with Crippen molar-refractivity contribution in [2.45, 2.75) is 17.9 Å². The molecule has 2 aromatic rings. The van der Waals surface area contributed by atoms with Crippen molar-refractivity contribution >= 4 is 23.4 Å². The van der Waals surface area contributed by atoms with Gasteiger partial charge in [-0.3, -0.25) is 9.69 Å². The zero-order valence-corrected chi connectivity index (χ0v) is 15.4. The van der Waals surface area contributed by atoms with Crippen LogP contribution in [0.1, 0.15) is 18.5 Å². The first-order valence-electron chi connectivity index (χ1n) is 7.82. The molecule has 0 aliphatic heterocycles. The second-order valence-electron chi connectivity index (χ2n) is 5.61. The van der Waals surface area contributed by atoms with Gasteiger partial charge < -0.3 is 10.1 Å². The Kier molecular flexibility index (Phi) is 6.70. The van der Waals surface area contributed by atoms with Crippen molar-refractivity contribution in [3.8, 4) is 5.75 Å². The van der Waals surface area contributed by atoms with Crippen LogP contribution in [0.15, 0.2) is 53.4 Å². The van der Waals surface area contributed by atoms with Crippen LogP contribution in [0.3, 0.4) is 0 Å². The maximum absolute atomic E-state index is 12.3. The number of ether oxygens (including phenoxy) is 1. The quantitative estimate of drug-likeness (QED) is 0.770. The Balaban J connectivity index is 2.00. The van der Waals surface area contributed by atoms with E-state index in [1.54, 1.807) is 18.9 Å². The summed E-state index contributed by atoms with van der Waals surface area (Å²) in [6.45, 7) is 2.38.